The second kappa shape index (κ2) is 7.05. The molecule has 0 bridgehead atoms. The molecule has 4 atom stereocenters. The minimum atomic E-state index is -0.188. The highest BCUT2D eigenvalue weighted by Gasteiger charge is 2.66. The van der Waals surface area contributed by atoms with Gasteiger partial charge in [-0.2, -0.15) is 0 Å². The lowest BCUT2D eigenvalue weighted by Crippen LogP contribution is -2.62. The number of rotatable bonds is 6. The first-order chi connectivity index (χ1) is 14.6. The number of ether oxygens (including phenoxy) is 3. The molecule has 1 spiro atoms. The average Bonchev–Trinajstić information content (AvgIpc) is 3.31. The molecule has 5 rings (SSSR count). The van der Waals surface area contributed by atoms with E-state index in [9.17, 15) is 4.79 Å². The number of piperidine rings is 1. The summed E-state index contributed by atoms with van der Waals surface area (Å²) in [7, 11) is 3.18. The molecule has 1 aromatic carbocycles. The third-order valence-corrected chi connectivity index (χ3v) is 7.66. The highest BCUT2D eigenvalue weighted by atomic mass is 16.5. The zero-order valence-electron chi connectivity index (χ0n) is 17.8. The molecule has 0 saturated carbocycles. The lowest BCUT2D eigenvalue weighted by molar-refractivity contribution is -0.145. The second-order valence-corrected chi connectivity index (χ2v) is 8.92. The van der Waals surface area contributed by atoms with Crippen LogP contribution in [0, 0.1) is 5.41 Å². The Kier molecular flexibility index (Phi) is 4.58. The summed E-state index contributed by atoms with van der Waals surface area (Å²) in [5.41, 5.74) is 2.04. The number of hydrogen-bond acceptors (Lipinski definition) is 6. The maximum absolute atomic E-state index is 12.4. The molecule has 4 aliphatic rings. The predicted octanol–water partition coefficient (Wildman–Crippen LogP) is 3.28. The van der Waals surface area contributed by atoms with E-state index >= 15 is 0 Å². The van der Waals surface area contributed by atoms with E-state index in [4.69, 9.17) is 14.2 Å². The number of esters is 1. The Balaban J connectivity index is 1.64. The Hall–Kier alpha value is -2.47. The summed E-state index contributed by atoms with van der Waals surface area (Å²) in [6.07, 6.45) is 9.94. The van der Waals surface area contributed by atoms with Gasteiger partial charge in [-0.15, -0.1) is 0 Å². The fourth-order valence-electron chi connectivity index (χ4n) is 6.67. The first-order valence-electron chi connectivity index (χ1n) is 10.8. The fourth-order valence-corrected chi connectivity index (χ4v) is 6.67. The van der Waals surface area contributed by atoms with E-state index in [2.05, 4.69) is 35.0 Å². The van der Waals surface area contributed by atoms with Crippen molar-refractivity contribution in [2.45, 2.75) is 43.2 Å². The predicted molar refractivity (Wildman–Crippen MR) is 115 cm³/mol. The number of hydrogen-bond donors (Lipinski definition) is 1. The molecule has 3 heterocycles. The van der Waals surface area contributed by atoms with Gasteiger partial charge < -0.3 is 19.5 Å². The lowest BCUT2D eigenvalue weighted by Gasteiger charge is -2.54. The van der Waals surface area contributed by atoms with Crippen LogP contribution in [0.1, 0.15) is 31.2 Å². The van der Waals surface area contributed by atoms with Crippen molar-refractivity contribution in [3.05, 3.63) is 42.5 Å². The van der Waals surface area contributed by atoms with Crippen LogP contribution in [0.2, 0.25) is 0 Å². The maximum atomic E-state index is 12.4. The number of fused-ring (bicyclic) bond motifs is 1. The molecule has 6 heteroatoms. The fraction of sp³-hybridized carbons (Fsp3) is 0.542. The first-order valence-corrected chi connectivity index (χ1v) is 10.8. The van der Waals surface area contributed by atoms with Crippen molar-refractivity contribution in [3.8, 4) is 11.5 Å². The standard InChI is InChI=1S/C24H30N2O4/c1-4-14-30-17-7-6-16-20(21(17)29-3)25-18-8-10-23(15-19(27)28-2)9-5-12-26-13-11-24(16,18)22(23)26/h4,6-8,10,18,22,25H,1,5,9,11-15H2,2-3H3/t18-,22-,23-,24-/m1/s1. The van der Waals surface area contributed by atoms with Crippen molar-refractivity contribution in [2.75, 3.05) is 39.2 Å². The Morgan fingerprint density at radius 2 is 2.20 bits per heavy atom. The molecule has 160 valence electrons. The molecule has 3 aliphatic heterocycles. The molecule has 1 N–H and O–H groups in total. The van der Waals surface area contributed by atoms with Crippen LogP contribution in [0.15, 0.2) is 36.9 Å². The summed E-state index contributed by atoms with van der Waals surface area (Å²) in [5, 5.41) is 3.75. The Morgan fingerprint density at radius 3 is 2.97 bits per heavy atom. The summed E-state index contributed by atoms with van der Waals surface area (Å²) in [4.78, 5) is 15.0. The molecule has 1 aromatic rings. The Bertz CT molecular complexity index is 913. The van der Waals surface area contributed by atoms with E-state index in [1.807, 2.05) is 6.07 Å². The molecule has 2 fully saturated rings. The average molecular weight is 411 g/mol. The molecular formula is C24H30N2O4. The second-order valence-electron chi connectivity index (χ2n) is 8.92. The number of carbonyl (C=O) groups excluding carboxylic acids is 1. The quantitative estimate of drug-likeness (QED) is 0.574. The van der Waals surface area contributed by atoms with E-state index < -0.39 is 0 Å². The van der Waals surface area contributed by atoms with Crippen molar-refractivity contribution in [1.29, 1.82) is 0 Å². The van der Waals surface area contributed by atoms with E-state index in [0.717, 1.165) is 49.5 Å². The Labute approximate surface area is 177 Å². The summed E-state index contributed by atoms with van der Waals surface area (Å²) < 4.78 is 16.8. The van der Waals surface area contributed by atoms with Gasteiger partial charge in [-0.25, -0.2) is 0 Å². The van der Waals surface area contributed by atoms with Crippen molar-refractivity contribution < 1.29 is 19.0 Å². The third kappa shape index (κ3) is 2.49. The molecule has 1 aliphatic carbocycles. The minimum absolute atomic E-state index is 0.0806. The van der Waals surface area contributed by atoms with Crippen molar-refractivity contribution in [1.82, 2.24) is 4.90 Å². The summed E-state index contributed by atoms with van der Waals surface area (Å²) in [6, 6.07) is 4.66. The van der Waals surface area contributed by atoms with Crippen LogP contribution in [0.5, 0.6) is 11.5 Å². The molecule has 0 amide bonds. The maximum Gasteiger partial charge on any atom is 0.306 e. The van der Waals surface area contributed by atoms with Gasteiger partial charge in [-0.3, -0.25) is 9.69 Å². The van der Waals surface area contributed by atoms with E-state index in [0.29, 0.717) is 13.0 Å². The third-order valence-electron chi connectivity index (χ3n) is 7.66. The van der Waals surface area contributed by atoms with Crippen molar-refractivity contribution in [2.24, 2.45) is 5.41 Å². The summed E-state index contributed by atoms with van der Waals surface area (Å²) in [6.45, 7) is 6.31. The van der Waals surface area contributed by atoms with Gasteiger partial charge in [0.05, 0.1) is 32.4 Å². The molecule has 0 radical (unpaired) electrons. The topological polar surface area (TPSA) is 60.0 Å². The van der Waals surface area contributed by atoms with Crippen molar-refractivity contribution in [3.63, 3.8) is 0 Å². The van der Waals surface area contributed by atoms with Gasteiger partial charge in [0.2, 0.25) is 0 Å². The molecule has 6 nitrogen and oxygen atoms in total. The van der Waals surface area contributed by atoms with E-state index in [1.165, 1.54) is 12.7 Å². The minimum Gasteiger partial charge on any atom is -0.491 e. The van der Waals surface area contributed by atoms with E-state index in [-0.39, 0.29) is 28.9 Å². The first kappa shape index (κ1) is 19.5. The molecule has 30 heavy (non-hydrogen) atoms. The lowest BCUT2D eigenvalue weighted by atomic mass is 9.55. The highest BCUT2D eigenvalue weighted by molar-refractivity contribution is 5.77. The molecule has 2 saturated heterocycles. The molecule has 0 aromatic heterocycles. The van der Waals surface area contributed by atoms with Crippen LogP contribution in [0.3, 0.4) is 0 Å². The number of carbonyl (C=O) groups is 1. The van der Waals surface area contributed by atoms with Crippen LogP contribution < -0.4 is 14.8 Å². The van der Waals surface area contributed by atoms with Crippen molar-refractivity contribution >= 4 is 11.7 Å². The van der Waals surface area contributed by atoms with Gasteiger partial charge in [-0.05, 0) is 44.0 Å². The SMILES string of the molecule is C=CCOc1ccc2c(c1OC)N[C@@H]1C=C[C@@]3(CC(=O)OC)CCCN4CC[C@@]21[C@H]43. The van der Waals surface area contributed by atoms with Gasteiger partial charge in [0, 0.05) is 16.9 Å². The number of benzene rings is 1. The van der Waals surface area contributed by atoms with E-state index in [1.54, 1.807) is 13.2 Å². The smallest absolute Gasteiger partial charge is 0.306 e. The van der Waals surface area contributed by atoms with Crippen LogP contribution in [0.4, 0.5) is 5.69 Å². The van der Waals surface area contributed by atoms with Crippen LogP contribution >= 0.6 is 0 Å². The molecule has 0 unspecified atom stereocenters. The Morgan fingerprint density at radius 1 is 1.33 bits per heavy atom. The van der Waals surface area contributed by atoms with Crippen LogP contribution in [-0.4, -0.2) is 56.9 Å². The van der Waals surface area contributed by atoms with Crippen LogP contribution in [0.25, 0.3) is 0 Å². The number of methoxy groups -OCH3 is 2. The zero-order chi connectivity index (χ0) is 20.9. The molecular weight excluding hydrogens is 380 g/mol. The number of nitrogens with one attached hydrogen (secondary N) is 1. The van der Waals surface area contributed by atoms with Gasteiger partial charge in [0.15, 0.2) is 11.5 Å². The highest BCUT2D eigenvalue weighted by Crippen LogP contribution is 2.63. The van der Waals surface area contributed by atoms with Gasteiger partial charge in [0.25, 0.3) is 0 Å². The number of nitrogens with zero attached hydrogens (tertiary/aromatic N) is 1. The summed E-state index contributed by atoms with van der Waals surface area (Å²) >= 11 is 0. The number of anilines is 1. The normalized spacial score (nSPS) is 33.1. The zero-order valence-corrected chi connectivity index (χ0v) is 17.8. The van der Waals surface area contributed by atoms with Crippen LogP contribution in [-0.2, 0) is 14.9 Å². The van der Waals surface area contributed by atoms with Gasteiger partial charge >= 0.3 is 5.97 Å². The van der Waals surface area contributed by atoms with Gasteiger partial charge in [0.1, 0.15) is 6.61 Å². The van der Waals surface area contributed by atoms with Gasteiger partial charge in [-0.1, -0.05) is 30.9 Å². The monoisotopic (exact) mass is 410 g/mol. The summed E-state index contributed by atoms with van der Waals surface area (Å²) in [5.74, 6) is 1.35. The largest absolute Gasteiger partial charge is 0.491 e.